The Hall–Kier alpha value is -1.68. The third kappa shape index (κ3) is 1.72. The molecule has 1 aromatic carbocycles. The predicted molar refractivity (Wildman–Crippen MR) is 60.8 cm³/mol. The monoisotopic (exact) mass is 218 g/mol. The fourth-order valence-electron chi connectivity index (χ4n) is 1.85. The maximum Gasteiger partial charge on any atom is 0.260 e. The van der Waals surface area contributed by atoms with Crippen molar-refractivity contribution in [2.75, 3.05) is 20.3 Å². The molecule has 16 heavy (non-hydrogen) atoms. The number of methoxy groups -OCH3 is 1. The number of amidine groups is 1. The van der Waals surface area contributed by atoms with E-state index < -0.39 is 0 Å². The molecule has 0 atom stereocenters. The maximum absolute atomic E-state index is 11.9. The van der Waals surface area contributed by atoms with E-state index in [1.807, 2.05) is 18.2 Å². The van der Waals surface area contributed by atoms with Gasteiger partial charge in [-0.15, -0.1) is 0 Å². The van der Waals surface area contributed by atoms with Crippen LogP contribution in [0.1, 0.15) is 22.3 Å². The van der Waals surface area contributed by atoms with E-state index in [0.717, 1.165) is 12.0 Å². The van der Waals surface area contributed by atoms with Crippen molar-refractivity contribution in [3.05, 3.63) is 35.4 Å². The van der Waals surface area contributed by atoms with E-state index >= 15 is 0 Å². The molecule has 4 nitrogen and oxygen atoms in total. The van der Waals surface area contributed by atoms with Gasteiger partial charge in [-0.25, -0.2) is 0 Å². The summed E-state index contributed by atoms with van der Waals surface area (Å²) in [5.41, 5.74) is 1.36. The average Bonchev–Trinajstić information content (AvgIpc) is 2.55. The number of nitrogens with one attached hydrogen (secondary N) is 1. The number of fused-ring (bicyclic) bond motifs is 1. The number of ether oxygens (including phenoxy) is 1. The lowest BCUT2D eigenvalue weighted by atomic mass is 10.1. The second-order valence-corrected chi connectivity index (χ2v) is 3.70. The zero-order valence-corrected chi connectivity index (χ0v) is 9.19. The van der Waals surface area contributed by atoms with Crippen LogP contribution in [0.3, 0.4) is 0 Å². The summed E-state index contributed by atoms with van der Waals surface area (Å²) in [4.78, 5) is 13.4. The van der Waals surface area contributed by atoms with Crippen LogP contribution in [-0.4, -0.2) is 36.9 Å². The fourth-order valence-corrected chi connectivity index (χ4v) is 1.85. The van der Waals surface area contributed by atoms with Crippen molar-refractivity contribution in [3.63, 3.8) is 0 Å². The first-order chi connectivity index (χ1) is 7.75. The van der Waals surface area contributed by atoms with Gasteiger partial charge in [0.1, 0.15) is 5.84 Å². The van der Waals surface area contributed by atoms with Gasteiger partial charge in [0.2, 0.25) is 0 Å². The zero-order valence-electron chi connectivity index (χ0n) is 9.19. The number of carbonyl (C=O) groups is 1. The van der Waals surface area contributed by atoms with Gasteiger partial charge >= 0.3 is 0 Å². The molecule has 84 valence electrons. The SMILES string of the molecule is COCCCN1C(=N)c2ccccc2C1=O. The average molecular weight is 218 g/mol. The lowest BCUT2D eigenvalue weighted by Crippen LogP contribution is -2.31. The highest BCUT2D eigenvalue weighted by Crippen LogP contribution is 2.22. The Morgan fingerprint density at radius 1 is 1.31 bits per heavy atom. The third-order valence-corrected chi connectivity index (χ3v) is 2.66. The first-order valence-electron chi connectivity index (χ1n) is 5.24. The van der Waals surface area contributed by atoms with Gasteiger partial charge in [-0.3, -0.25) is 15.1 Å². The van der Waals surface area contributed by atoms with Gasteiger partial charge in [0.15, 0.2) is 0 Å². The minimum absolute atomic E-state index is 0.0725. The first kappa shape index (κ1) is 10.8. The highest BCUT2D eigenvalue weighted by molar-refractivity contribution is 6.22. The van der Waals surface area contributed by atoms with Gasteiger partial charge in [0, 0.05) is 25.8 Å². The molecule has 0 spiro atoms. The maximum atomic E-state index is 11.9. The Morgan fingerprint density at radius 3 is 2.62 bits per heavy atom. The molecule has 2 rings (SSSR count). The van der Waals surface area contributed by atoms with Crippen molar-refractivity contribution in [1.82, 2.24) is 4.90 Å². The van der Waals surface area contributed by atoms with Gasteiger partial charge < -0.3 is 4.74 Å². The standard InChI is InChI=1S/C12H14N2O2/c1-16-8-4-7-14-11(13)9-5-2-3-6-10(9)12(14)15/h2-3,5-6,13H,4,7-8H2,1H3. The van der Waals surface area contributed by atoms with E-state index in [0.29, 0.717) is 24.6 Å². The Balaban J connectivity index is 2.15. The second-order valence-electron chi connectivity index (χ2n) is 3.70. The second kappa shape index (κ2) is 4.45. The van der Waals surface area contributed by atoms with Gasteiger partial charge in [-0.1, -0.05) is 18.2 Å². The van der Waals surface area contributed by atoms with Crippen molar-refractivity contribution < 1.29 is 9.53 Å². The molecule has 1 aromatic rings. The van der Waals surface area contributed by atoms with Crippen molar-refractivity contribution in [3.8, 4) is 0 Å². The molecule has 0 radical (unpaired) electrons. The smallest absolute Gasteiger partial charge is 0.260 e. The minimum Gasteiger partial charge on any atom is -0.385 e. The topological polar surface area (TPSA) is 53.4 Å². The van der Waals surface area contributed by atoms with Gasteiger partial charge in [0.05, 0.1) is 5.56 Å². The summed E-state index contributed by atoms with van der Waals surface area (Å²) in [5.74, 6) is 0.230. The molecule has 0 saturated heterocycles. The number of rotatable bonds is 4. The van der Waals surface area contributed by atoms with E-state index in [-0.39, 0.29) is 5.91 Å². The summed E-state index contributed by atoms with van der Waals surface area (Å²) in [7, 11) is 1.63. The molecule has 4 heteroatoms. The van der Waals surface area contributed by atoms with Crippen LogP contribution in [0, 0.1) is 5.41 Å². The van der Waals surface area contributed by atoms with Crippen LogP contribution in [0.25, 0.3) is 0 Å². The zero-order chi connectivity index (χ0) is 11.5. The molecule has 1 aliphatic rings. The van der Waals surface area contributed by atoms with E-state index in [4.69, 9.17) is 10.1 Å². The van der Waals surface area contributed by atoms with Crippen LogP contribution < -0.4 is 0 Å². The van der Waals surface area contributed by atoms with Crippen molar-refractivity contribution in [1.29, 1.82) is 5.41 Å². The van der Waals surface area contributed by atoms with Crippen LogP contribution in [0.15, 0.2) is 24.3 Å². The normalized spacial score (nSPS) is 14.4. The van der Waals surface area contributed by atoms with E-state index in [9.17, 15) is 4.79 Å². The summed E-state index contributed by atoms with van der Waals surface area (Å²) in [6.45, 7) is 1.15. The first-order valence-corrected chi connectivity index (χ1v) is 5.24. The number of hydrogen-bond donors (Lipinski definition) is 1. The van der Waals surface area contributed by atoms with Crippen LogP contribution in [0.2, 0.25) is 0 Å². The lowest BCUT2D eigenvalue weighted by Gasteiger charge is -2.15. The van der Waals surface area contributed by atoms with E-state index in [1.165, 1.54) is 4.90 Å². The highest BCUT2D eigenvalue weighted by Gasteiger charge is 2.31. The van der Waals surface area contributed by atoms with Crippen LogP contribution in [-0.2, 0) is 4.74 Å². The van der Waals surface area contributed by atoms with Gasteiger partial charge in [-0.2, -0.15) is 0 Å². The predicted octanol–water partition coefficient (Wildman–Crippen LogP) is 1.50. The molecule has 0 unspecified atom stereocenters. The van der Waals surface area contributed by atoms with Crippen molar-refractivity contribution >= 4 is 11.7 Å². The Kier molecular flexibility index (Phi) is 3.01. The van der Waals surface area contributed by atoms with Crippen molar-refractivity contribution in [2.45, 2.75) is 6.42 Å². The van der Waals surface area contributed by atoms with E-state index in [1.54, 1.807) is 13.2 Å². The molecule has 0 aromatic heterocycles. The summed E-state index contributed by atoms with van der Waals surface area (Å²) in [6.07, 6.45) is 0.749. The molecule has 1 aliphatic heterocycles. The molecular formula is C12H14N2O2. The molecule has 1 amide bonds. The highest BCUT2D eigenvalue weighted by atomic mass is 16.5. The number of nitrogens with zero attached hydrogens (tertiary/aromatic N) is 1. The number of benzene rings is 1. The Labute approximate surface area is 94.3 Å². The molecule has 0 fully saturated rings. The summed E-state index contributed by atoms with van der Waals surface area (Å²) in [5, 5.41) is 7.92. The number of carbonyl (C=O) groups excluding carboxylic acids is 1. The number of amides is 1. The minimum atomic E-state index is -0.0725. The van der Waals surface area contributed by atoms with Gasteiger partial charge in [0.25, 0.3) is 5.91 Å². The lowest BCUT2D eigenvalue weighted by molar-refractivity contribution is 0.0847. The summed E-state index contributed by atoms with van der Waals surface area (Å²) in [6, 6.07) is 7.25. The molecule has 0 bridgehead atoms. The molecule has 1 heterocycles. The Morgan fingerprint density at radius 2 is 2.00 bits per heavy atom. The van der Waals surface area contributed by atoms with Crippen LogP contribution >= 0.6 is 0 Å². The molecular weight excluding hydrogens is 204 g/mol. The molecule has 0 saturated carbocycles. The largest absolute Gasteiger partial charge is 0.385 e. The van der Waals surface area contributed by atoms with Crippen molar-refractivity contribution in [2.24, 2.45) is 0 Å². The van der Waals surface area contributed by atoms with E-state index in [2.05, 4.69) is 0 Å². The third-order valence-electron chi connectivity index (χ3n) is 2.66. The number of hydrogen-bond acceptors (Lipinski definition) is 3. The summed E-state index contributed by atoms with van der Waals surface area (Å²) < 4.78 is 4.94. The Bertz CT molecular complexity index is 394. The summed E-state index contributed by atoms with van der Waals surface area (Å²) >= 11 is 0. The van der Waals surface area contributed by atoms with Gasteiger partial charge in [-0.05, 0) is 12.5 Å². The quantitative estimate of drug-likeness (QED) is 0.779. The fraction of sp³-hybridized carbons (Fsp3) is 0.333. The molecule has 0 aliphatic carbocycles. The van der Waals surface area contributed by atoms with Crippen LogP contribution in [0.5, 0.6) is 0 Å². The van der Waals surface area contributed by atoms with Crippen LogP contribution in [0.4, 0.5) is 0 Å². The molecule has 1 N–H and O–H groups in total.